The van der Waals surface area contributed by atoms with Gasteiger partial charge < -0.3 is 21.1 Å². The highest BCUT2D eigenvalue weighted by Gasteiger charge is 2.06. The number of nitrogen functional groups attached to an aromatic ring is 1. The van der Waals surface area contributed by atoms with Crippen molar-refractivity contribution in [3.05, 3.63) is 59.7 Å². The average molecular weight is 313 g/mol. The zero-order chi connectivity index (χ0) is 16.7. The highest BCUT2D eigenvalue weighted by molar-refractivity contribution is 5.90. The van der Waals surface area contributed by atoms with Crippen molar-refractivity contribution >= 4 is 23.4 Å². The largest absolute Gasteiger partial charge is 0.462 e. The summed E-state index contributed by atoms with van der Waals surface area (Å²) in [6, 6.07) is 13.5. The average Bonchev–Trinajstić information content (AvgIpc) is 2.56. The predicted octanol–water partition coefficient (Wildman–Crippen LogP) is 2.77. The number of carbonyl (C=O) groups is 2. The van der Waals surface area contributed by atoms with E-state index in [2.05, 4.69) is 10.6 Å². The van der Waals surface area contributed by atoms with Crippen LogP contribution in [0, 0.1) is 0 Å². The molecule has 0 unspecified atom stereocenters. The van der Waals surface area contributed by atoms with Gasteiger partial charge in [0.2, 0.25) is 0 Å². The quantitative estimate of drug-likeness (QED) is 0.584. The number of rotatable bonds is 5. The first kappa shape index (κ1) is 16.4. The van der Waals surface area contributed by atoms with Crippen LogP contribution in [-0.4, -0.2) is 18.6 Å². The molecule has 0 atom stereocenters. The Labute approximate surface area is 134 Å². The summed E-state index contributed by atoms with van der Waals surface area (Å²) in [7, 11) is 0. The molecule has 0 aromatic heterocycles. The van der Waals surface area contributed by atoms with Gasteiger partial charge in [-0.2, -0.15) is 0 Å². The number of ether oxygens (including phenoxy) is 1. The summed E-state index contributed by atoms with van der Waals surface area (Å²) in [6.45, 7) is 2.45. The highest BCUT2D eigenvalue weighted by Crippen LogP contribution is 2.10. The SMILES string of the molecule is CCOC(=O)c1ccc(CNC(=O)Nc2ccc(N)cc2)cc1. The van der Waals surface area contributed by atoms with Gasteiger partial charge in [-0.1, -0.05) is 12.1 Å². The molecule has 23 heavy (non-hydrogen) atoms. The van der Waals surface area contributed by atoms with Crippen molar-refractivity contribution in [2.24, 2.45) is 0 Å². The molecule has 0 fully saturated rings. The second-order valence-electron chi connectivity index (χ2n) is 4.85. The van der Waals surface area contributed by atoms with Gasteiger partial charge in [0.05, 0.1) is 12.2 Å². The second-order valence-corrected chi connectivity index (χ2v) is 4.85. The van der Waals surface area contributed by atoms with Gasteiger partial charge in [0.25, 0.3) is 0 Å². The normalized spacial score (nSPS) is 9.96. The first-order valence-electron chi connectivity index (χ1n) is 7.25. The second kappa shape index (κ2) is 7.84. The van der Waals surface area contributed by atoms with Crippen LogP contribution >= 0.6 is 0 Å². The van der Waals surface area contributed by atoms with Crippen molar-refractivity contribution in [3.8, 4) is 0 Å². The van der Waals surface area contributed by atoms with E-state index in [1.54, 1.807) is 55.5 Å². The number of hydrogen-bond donors (Lipinski definition) is 3. The summed E-state index contributed by atoms with van der Waals surface area (Å²) in [5.41, 5.74) is 8.25. The van der Waals surface area contributed by atoms with Crippen molar-refractivity contribution in [3.63, 3.8) is 0 Å². The fourth-order valence-electron chi connectivity index (χ4n) is 1.90. The third-order valence-corrected chi connectivity index (χ3v) is 3.09. The standard InChI is InChI=1S/C17H19N3O3/c1-2-23-16(21)13-5-3-12(4-6-13)11-19-17(22)20-15-9-7-14(18)8-10-15/h3-10H,2,11,18H2,1H3,(H2,19,20,22). The van der Waals surface area contributed by atoms with Gasteiger partial charge in [0, 0.05) is 17.9 Å². The van der Waals surface area contributed by atoms with E-state index in [0.717, 1.165) is 5.56 Å². The maximum absolute atomic E-state index is 11.8. The Morgan fingerprint density at radius 2 is 1.70 bits per heavy atom. The van der Waals surface area contributed by atoms with Crippen LogP contribution < -0.4 is 16.4 Å². The van der Waals surface area contributed by atoms with Crippen LogP contribution in [0.25, 0.3) is 0 Å². The van der Waals surface area contributed by atoms with Gasteiger partial charge in [-0.05, 0) is 48.9 Å². The number of esters is 1. The molecule has 0 heterocycles. The van der Waals surface area contributed by atoms with Crippen LogP contribution in [0.1, 0.15) is 22.8 Å². The third kappa shape index (κ3) is 5.03. The summed E-state index contributed by atoms with van der Waals surface area (Å²) in [5.74, 6) is -0.354. The first-order chi connectivity index (χ1) is 11.1. The van der Waals surface area contributed by atoms with Gasteiger partial charge in [-0.25, -0.2) is 9.59 Å². The van der Waals surface area contributed by atoms with E-state index in [-0.39, 0.29) is 12.0 Å². The molecule has 0 aliphatic rings. The molecule has 2 aromatic rings. The Morgan fingerprint density at radius 1 is 1.04 bits per heavy atom. The van der Waals surface area contributed by atoms with Gasteiger partial charge >= 0.3 is 12.0 Å². The van der Waals surface area contributed by atoms with Crippen molar-refractivity contribution in [2.75, 3.05) is 17.7 Å². The zero-order valence-electron chi connectivity index (χ0n) is 12.8. The molecule has 2 amide bonds. The molecule has 2 rings (SSSR count). The van der Waals surface area contributed by atoms with Gasteiger partial charge in [-0.15, -0.1) is 0 Å². The topological polar surface area (TPSA) is 93.4 Å². The minimum Gasteiger partial charge on any atom is -0.462 e. The molecule has 4 N–H and O–H groups in total. The molecule has 0 spiro atoms. The molecule has 0 aliphatic heterocycles. The minimum atomic E-state index is -0.354. The Bertz CT molecular complexity index is 666. The monoisotopic (exact) mass is 313 g/mol. The van der Waals surface area contributed by atoms with Crippen LogP contribution in [0.4, 0.5) is 16.2 Å². The molecule has 2 aromatic carbocycles. The fourth-order valence-corrected chi connectivity index (χ4v) is 1.90. The van der Waals surface area contributed by atoms with Gasteiger partial charge in [0.1, 0.15) is 0 Å². The van der Waals surface area contributed by atoms with Crippen molar-refractivity contribution in [1.29, 1.82) is 0 Å². The van der Waals surface area contributed by atoms with E-state index in [1.807, 2.05) is 0 Å². The number of amides is 2. The number of benzene rings is 2. The van der Waals surface area contributed by atoms with Gasteiger partial charge in [-0.3, -0.25) is 0 Å². The summed E-state index contributed by atoms with van der Waals surface area (Å²) < 4.78 is 4.91. The number of anilines is 2. The molecular formula is C17H19N3O3. The van der Waals surface area contributed by atoms with E-state index < -0.39 is 0 Å². The van der Waals surface area contributed by atoms with E-state index in [9.17, 15) is 9.59 Å². The summed E-state index contributed by atoms with van der Waals surface area (Å²) in [5, 5.41) is 5.44. The van der Waals surface area contributed by atoms with Crippen LogP contribution in [0.15, 0.2) is 48.5 Å². The lowest BCUT2D eigenvalue weighted by molar-refractivity contribution is 0.0526. The first-order valence-corrected chi connectivity index (χ1v) is 7.25. The Hall–Kier alpha value is -3.02. The lowest BCUT2D eigenvalue weighted by Gasteiger charge is -2.08. The van der Waals surface area contributed by atoms with Crippen LogP contribution in [0.5, 0.6) is 0 Å². The van der Waals surface area contributed by atoms with Crippen LogP contribution in [0.2, 0.25) is 0 Å². The molecule has 120 valence electrons. The molecule has 0 bridgehead atoms. The van der Waals surface area contributed by atoms with E-state index in [4.69, 9.17) is 10.5 Å². The van der Waals surface area contributed by atoms with E-state index in [0.29, 0.717) is 30.1 Å². The third-order valence-electron chi connectivity index (χ3n) is 3.09. The van der Waals surface area contributed by atoms with Gasteiger partial charge in [0.15, 0.2) is 0 Å². The molecule has 6 nitrogen and oxygen atoms in total. The molecule has 0 saturated carbocycles. The number of hydrogen-bond acceptors (Lipinski definition) is 4. The number of carbonyl (C=O) groups excluding carboxylic acids is 2. The van der Waals surface area contributed by atoms with E-state index in [1.165, 1.54) is 0 Å². The van der Waals surface area contributed by atoms with Crippen molar-refractivity contribution in [1.82, 2.24) is 5.32 Å². The predicted molar refractivity (Wildman–Crippen MR) is 89.1 cm³/mol. The van der Waals surface area contributed by atoms with Crippen LogP contribution in [-0.2, 0) is 11.3 Å². The Morgan fingerprint density at radius 3 is 2.30 bits per heavy atom. The van der Waals surface area contributed by atoms with Crippen molar-refractivity contribution in [2.45, 2.75) is 13.5 Å². The molecule has 6 heteroatoms. The maximum atomic E-state index is 11.8. The minimum absolute atomic E-state index is 0.316. The smallest absolute Gasteiger partial charge is 0.338 e. The zero-order valence-corrected chi connectivity index (χ0v) is 12.8. The lowest BCUT2D eigenvalue weighted by Crippen LogP contribution is -2.28. The Kier molecular flexibility index (Phi) is 5.57. The van der Waals surface area contributed by atoms with E-state index >= 15 is 0 Å². The Balaban J connectivity index is 1.84. The summed E-state index contributed by atoms with van der Waals surface area (Å²) in [6.07, 6.45) is 0. The van der Waals surface area contributed by atoms with Crippen molar-refractivity contribution < 1.29 is 14.3 Å². The highest BCUT2D eigenvalue weighted by atomic mass is 16.5. The number of nitrogens with one attached hydrogen (secondary N) is 2. The maximum Gasteiger partial charge on any atom is 0.338 e. The number of nitrogens with two attached hydrogens (primary N) is 1. The lowest BCUT2D eigenvalue weighted by atomic mass is 10.1. The fraction of sp³-hybridized carbons (Fsp3) is 0.176. The molecule has 0 radical (unpaired) electrons. The molecular weight excluding hydrogens is 294 g/mol. The van der Waals surface area contributed by atoms with Crippen LogP contribution in [0.3, 0.4) is 0 Å². The molecule has 0 saturated heterocycles. The summed E-state index contributed by atoms with van der Waals surface area (Å²) in [4.78, 5) is 23.3. The summed E-state index contributed by atoms with van der Waals surface area (Å²) >= 11 is 0. The number of urea groups is 1. The molecule has 0 aliphatic carbocycles.